The van der Waals surface area contributed by atoms with Gasteiger partial charge in [0.1, 0.15) is 5.69 Å². The Balaban J connectivity index is 2.07. The van der Waals surface area contributed by atoms with E-state index in [4.69, 9.17) is 0 Å². The van der Waals surface area contributed by atoms with E-state index in [-0.39, 0.29) is 5.91 Å². The number of hydrogen-bond acceptors (Lipinski definition) is 3. The van der Waals surface area contributed by atoms with E-state index in [1.165, 1.54) is 4.68 Å². The maximum atomic E-state index is 11.8. The molecule has 0 saturated heterocycles. The first-order chi connectivity index (χ1) is 7.34. The van der Waals surface area contributed by atoms with Crippen molar-refractivity contribution in [1.82, 2.24) is 14.8 Å². The number of aromatic nitrogens is 3. The van der Waals surface area contributed by atoms with Crippen LogP contribution in [0.15, 0.2) is 36.0 Å². The molecule has 0 spiro atoms. The first-order valence-electron chi connectivity index (χ1n) is 4.45. The van der Waals surface area contributed by atoms with Crippen LogP contribution in [0.2, 0.25) is 0 Å². The molecule has 3 rings (SSSR count). The molecule has 3 heterocycles. The zero-order chi connectivity index (χ0) is 10.3. The maximum absolute atomic E-state index is 11.8. The lowest BCUT2D eigenvalue weighted by Crippen LogP contribution is -2.12. The number of aromatic amines is 1. The number of nitrogens with zero attached hydrogens (tertiary/aromatic N) is 2. The number of fused-ring (bicyclic) bond motifs is 1. The molecule has 5 heteroatoms. The van der Waals surface area contributed by atoms with Crippen molar-refractivity contribution in [3.63, 3.8) is 0 Å². The van der Waals surface area contributed by atoms with Crippen molar-refractivity contribution in [2.45, 2.75) is 0 Å². The Morgan fingerprint density at radius 2 is 2.47 bits per heavy atom. The molecule has 0 aromatic carbocycles. The minimum absolute atomic E-state index is 0.136. The number of carbonyl (C=O) groups is 1. The van der Waals surface area contributed by atoms with E-state index in [1.807, 2.05) is 17.5 Å². The molecule has 1 N–H and O–H groups in total. The van der Waals surface area contributed by atoms with Crippen LogP contribution in [-0.4, -0.2) is 20.7 Å². The molecule has 0 unspecified atom stereocenters. The predicted molar refractivity (Wildman–Crippen MR) is 58.1 cm³/mol. The average molecular weight is 217 g/mol. The summed E-state index contributed by atoms with van der Waals surface area (Å²) < 4.78 is 2.40. The van der Waals surface area contributed by atoms with Crippen LogP contribution < -0.4 is 0 Å². The predicted octanol–water partition coefficient (Wildman–Crippen LogP) is 2.11. The third-order valence-electron chi connectivity index (χ3n) is 2.18. The third kappa shape index (κ3) is 1.28. The second-order valence-corrected chi connectivity index (χ2v) is 4.09. The van der Waals surface area contributed by atoms with Gasteiger partial charge in [-0.15, -0.1) is 11.3 Å². The Labute approximate surface area is 89.2 Å². The van der Waals surface area contributed by atoms with Crippen molar-refractivity contribution in [3.05, 3.63) is 41.7 Å². The minimum Gasteiger partial charge on any atom is -0.350 e. The summed E-state index contributed by atoms with van der Waals surface area (Å²) in [4.78, 5) is 14.9. The van der Waals surface area contributed by atoms with Crippen molar-refractivity contribution < 1.29 is 4.79 Å². The van der Waals surface area contributed by atoms with E-state index < -0.39 is 0 Å². The summed E-state index contributed by atoms with van der Waals surface area (Å²) in [5.41, 5.74) is 1.57. The normalized spacial score (nSPS) is 10.9. The van der Waals surface area contributed by atoms with Gasteiger partial charge in [0.25, 0.3) is 5.91 Å². The van der Waals surface area contributed by atoms with Crippen LogP contribution in [0.5, 0.6) is 0 Å². The number of carbonyl (C=O) groups excluding carboxylic acids is 1. The Bertz CT molecular complexity index is 577. The van der Waals surface area contributed by atoms with E-state index >= 15 is 0 Å². The van der Waals surface area contributed by atoms with Crippen LogP contribution in [0, 0.1) is 0 Å². The number of rotatable bonds is 1. The van der Waals surface area contributed by atoms with E-state index in [9.17, 15) is 4.79 Å². The fraction of sp³-hybridized carbons (Fsp3) is 0. The summed E-state index contributed by atoms with van der Waals surface area (Å²) in [6.45, 7) is 0. The van der Waals surface area contributed by atoms with Gasteiger partial charge in [-0.25, -0.2) is 4.68 Å². The van der Waals surface area contributed by atoms with E-state index in [2.05, 4.69) is 10.1 Å². The van der Waals surface area contributed by atoms with Crippen LogP contribution in [0.4, 0.5) is 0 Å². The molecule has 3 aromatic heterocycles. The van der Waals surface area contributed by atoms with Crippen LogP contribution in [0.3, 0.4) is 0 Å². The van der Waals surface area contributed by atoms with Gasteiger partial charge in [-0.3, -0.25) is 4.79 Å². The maximum Gasteiger partial charge on any atom is 0.294 e. The molecule has 0 aliphatic heterocycles. The molecule has 0 atom stereocenters. The van der Waals surface area contributed by atoms with Gasteiger partial charge in [-0.1, -0.05) is 0 Å². The molecule has 0 aliphatic rings. The first kappa shape index (κ1) is 8.43. The molecular weight excluding hydrogens is 210 g/mol. The fourth-order valence-electron chi connectivity index (χ4n) is 1.48. The molecule has 0 amide bonds. The van der Waals surface area contributed by atoms with Crippen molar-refractivity contribution in [3.8, 4) is 0 Å². The fourth-order valence-corrected chi connectivity index (χ4v) is 2.26. The topological polar surface area (TPSA) is 50.7 Å². The molecule has 15 heavy (non-hydrogen) atoms. The van der Waals surface area contributed by atoms with Crippen LogP contribution in [0.25, 0.3) is 10.2 Å². The van der Waals surface area contributed by atoms with Crippen molar-refractivity contribution >= 4 is 27.5 Å². The van der Waals surface area contributed by atoms with E-state index in [1.54, 1.807) is 29.8 Å². The summed E-state index contributed by atoms with van der Waals surface area (Å²) in [5.74, 6) is -0.136. The van der Waals surface area contributed by atoms with Crippen molar-refractivity contribution in [1.29, 1.82) is 0 Å². The monoisotopic (exact) mass is 217 g/mol. The molecular formula is C10H7N3OS. The highest BCUT2D eigenvalue weighted by molar-refractivity contribution is 7.17. The quantitative estimate of drug-likeness (QED) is 0.678. The van der Waals surface area contributed by atoms with Crippen LogP contribution in [-0.2, 0) is 0 Å². The molecule has 0 saturated carbocycles. The Morgan fingerprint density at radius 3 is 3.20 bits per heavy atom. The Morgan fingerprint density at radius 1 is 1.53 bits per heavy atom. The van der Waals surface area contributed by atoms with Crippen LogP contribution >= 0.6 is 11.3 Å². The molecule has 3 aromatic rings. The summed E-state index contributed by atoms with van der Waals surface area (Å²) in [5, 5.41) is 5.89. The van der Waals surface area contributed by atoms with Crippen molar-refractivity contribution in [2.75, 3.05) is 0 Å². The molecule has 4 nitrogen and oxygen atoms in total. The summed E-state index contributed by atoms with van der Waals surface area (Å²) in [6.07, 6.45) is 3.22. The first-order valence-corrected chi connectivity index (χ1v) is 5.33. The lowest BCUT2D eigenvalue weighted by atomic mass is 10.4. The molecule has 0 fully saturated rings. The summed E-state index contributed by atoms with van der Waals surface area (Å²) >= 11 is 1.61. The van der Waals surface area contributed by atoms with E-state index in [0.717, 1.165) is 10.2 Å². The van der Waals surface area contributed by atoms with Gasteiger partial charge >= 0.3 is 0 Å². The summed E-state index contributed by atoms with van der Waals surface area (Å²) in [6, 6.07) is 5.53. The van der Waals surface area contributed by atoms with Gasteiger partial charge < -0.3 is 4.98 Å². The van der Waals surface area contributed by atoms with Crippen molar-refractivity contribution in [2.24, 2.45) is 0 Å². The Kier molecular flexibility index (Phi) is 1.72. The Hall–Kier alpha value is -1.88. The summed E-state index contributed by atoms with van der Waals surface area (Å²) in [7, 11) is 0. The number of H-pyrrole nitrogens is 1. The molecule has 74 valence electrons. The number of nitrogens with one attached hydrogen (secondary N) is 1. The van der Waals surface area contributed by atoms with Gasteiger partial charge in [-0.2, -0.15) is 5.10 Å². The van der Waals surface area contributed by atoms with Gasteiger partial charge in [-0.05, 0) is 23.6 Å². The lowest BCUT2D eigenvalue weighted by Gasteiger charge is -1.95. The molecule has 0 aliphatic carbocycles. The lowest BCUT2D eigenvalue weighted by molar-refractivity contribution is 0.0941. The van der Waals surface area contributed by atoms with Gasteiger partial charge in [0.2, 0.25) is 0 Å². The van der Waals surface area contributed by atoms with Gasteiger partial charge in [0, 0.05) is 12.4 Å². The van der Waals surface area contributed by atoms with E-state index in [0.29, 0.717) is 5.69 Å². The second kappa shape index (κ2) is 3.06. The SMILES string of the molecule is O=C(c1cc2sccc2[nH]1)n1cccn1. The van der Waals surface area contributed by atoms with Gasteiger partial charge in [0.15, 0.2) is 0 Å². The highest BCUT2D eigenvalue weighted by Crippen LogP contribution is 2.21. The van der Waals surface area contributed by atoms with Gasteiger partial charge in [0.05, 0.1) is 10.2 Å². The highest BCUT2D eigenvalue weighted by Gasteiger charge is 2.11. The minimum atomic E-state index is -0.136. The smallest absolute Gasteiger partial charge is 0.294 e. The zero-order valence-electron chi connectivity index (χ0n) is 7.68. The zero-order valence-corrected chi connectivity index (χ0v) is 8.49. The number of hydrogen-bond donors (Lipinski definition) is 1. The highest BCUT2D eigenvalue weighted by atomic mass is 32.1. The van der Waals surface area contributed by atoms with Crippen LogP contribution in [0.1, 0.15) is 10.5 Å². The largest absolute Gasteiger partial charge is 0.350 e. The molecule has 0 bridgehead atoms. The average Bonchev–Trinajstić information content (AvgIpc) is 2.92. The number of thiophene rings is 1. The third-order valence-corrected chi connectivity index (χ3v) is 3.05. The standard InChI is InChI=1S/C10H7N3OS/c14-10(13-4-1-3-11-13)8-6-9-7(12-8)2-5-15-9/h1-6,12H. The molecule has 0 radical (unpaired) electrons. The second-order valence-electron chi connectivity index (χ2n) is 3.14.